The minimum Gasteiger partial charge on any atom is -0.395 e. The molecule has 0 amide bonds. The number of thioether (sulfide) groups is 1. The largest absolute Gasteiger partial charge is 0.395 e. The molecule has 2 atom stereocenters. The van der Waals surface area contributed by atoms with Crippen LogP contribution in [-0.4, -0.2) is 54.6 Å². The first-order chi connectivity index (χ1) is 8.51. The van der Waals surface area contributed by atoms with Crippen LogP contribution < -0.4 is 4.72 Å². The molecule has 1 aliphatic heterocycles. The van der Waals surface area contributed by atoms with Gasteiger partial charge in [0.15, 0.2) is 0 Å². The summed E-state index contributed by atoms with van der Waals surface area (Å²) in [6.45, 7) is 4.34. The van der Waals surface area contributed by atoms with Crippen LogP contribution in [0.4, 0.5) is 0 Å². The third-order valence-corrected chi connectivity index (χ3v) is 5.96. The van der Waals surface area contributed by atoms with Gasteiger partial charge in [-0.15, -0.1) is 0 Å². The third-order valence-electron chi connectivity index (χ3n) is 3.01. The standard InChI is InChI=1S/C11H24N2O3S2/c1-3-17-9-10(2)12-18(15,16)13-7-5-4-6-11(13)8-14/h10-12,14H,3-9H2,1-2H3. The van der Waals surface area contributed by atoms with Crippen LogP contribution in [0.5, 0.6) is 0 Å². The van der Waals surface area contributed by atoms with E-state index in [0.29, 0.717) is 6.54 Å². The highest BCUT2D eigenvalue weighted by Crippen LogP contribution is 2.19. The molecule has 0 bridgehead atoms. The summed E-state index contributed by atoms with van der Waals surface area (Å²) in [5, 5.41) is 9.26. The van der Waals surface area contributed by atoms with Crippen LogP contribution in [0.3, 0.4) is 0 Å². The fraction of sp³-hybridized carbons (Fsp3) is 1.00. The lowest BCUT2D eigenvalue weighted by Gasteiger charge is -2.34. The highest BCUT2D eigenvalue weighted by molar-refractivity contribution is 7.99. The first-order valence-electron chi connectivity index (χ1n) is 6.49. The van der Waals surface area contributed by atoms with E-state index in [4.69, 9.17) is 0 Å². The molecular weight excluding hydrogens is 272 g/mol. The summed E-state index contributed by atoms with van der Waals surface area (Å²) in [4.78, 5) is 0. The number of nitrogens with one attached hydrogen (secondary N) is 1. The summed E-state index contributed by atoms with van der Waals surface area (Å²) < 4.78 is 28.6. The van der Waals surface area contributed by atoms with Crippen molar-refractivity contribution in [1.82, 2.24) is 9.03 Å². The van der Waals surface area contributed by atoms with E-state index >= 15 is 0 Å². The zero-order chi connectivity index (χ0) is 13.6. The highest BCUT2D eigenvalue weighted by atomic mass is 32.2. The lowest BCUT2D eigenvalue weighted by atomic mass is 10.1. The summed E-state index contributed by atoms with van der Waals surface area (Å²) in [6.07, 6.45) is 2.60. The predicted octanol–water partition coefficient (Wildman–Crippen LogP) is 0.809. The molecule has 0 aromatic carbocycles. The molecule has 7 heteroatoms. The second-order valence-corrected chi connectivity index (χ2v) is 7.60. The molecule has 2 unspecified atom stereocenters. The van der Waals surface area contributed by atoms with E-state index in [1.165, 1.54) is 4.31 Å². The zero-order valence-electron chi connectivity index (χ0n) is 11.1. The average molecular weight is 296 g/mol. The molecule has 1 fully saturated rings. The molecule has 1 saturated heterocycles. The number of hydrogen-bond donors (Lipinski definition) is 2. The number of aliphatic hydroxyl groups is 1. The van der Waals surface area contributed by atoms with Crippen molar-refractivity contribution < 1.29 is 13.5 Å². The van der Waals surface area contributed by atoms with Crippen molar-refractivity contribution in [2.45, 2.75) is 45.2 Å². The summed E-state index contributed by atoms with van der Waals surface area (Å²) in [7, 11) is -3.46. The summed E-state index contributed by atoms with van der Waals surface area (Å²) in [5.41, 5.74) is 0. The molecule has 0 spiro atoms. The van der Waals surface area contributed by atoms with Crippen LogP contribution in [0.15, 0.2) is 0 Å². The van der Waals surface area contributed by atoms with Crippen LogP contribution in [0.2, 0.25) is 0 Å². The van der Waals surface area contributed by atoms with Gasteiger partial charge in [-0.3, -0.25) is 0 Å². The van der Waals surface area contributed by atoms with Crippen molar-refractivity contribution in [2.24, 2.45) is 0 Å². The lowest BCUT2D eigenvalue weighted by molar-refractivity contribution is 0.153. The fourth-order valence-corrected chi connectivity index (χ4v) is 4.56. The Labute approximate surface area is 115 Å². The van der Waals surface area contributed by atoms with Crippen LogP contribution in [0.25, 0.3) is 0 Å². The van der Waals surface area contributed by atoms with Gasteiger partial charge in [-0.25, -0.2) is 0 Å². The van der Waals surface area contributed by atoms with E-state index in [1.54, 1.807) is 11.8 Å². The molecule has 1 heterocycles. The van der Waals surface area contributed by atoms with Crippen LogP contribution >= 0.6 is 11.8 Å². The zero-order valence-corrected chi connectivity index (χ0v) is 12.8. The van der Waals surface area contributed by atoms with Gasteiger partial charge in [0, 0.05) is 24.4 Å². The molecule has 0 aromatic heterocycles. The predicted molar refractivity (Wildman–Crippen MR) is 75.9 cm³/mol. The molecule has 1 rings (SSSR count). The van der Waals surface area contributed by atoms with Crippen LogP contribution in [0.1, 0.15) is 33.1 Å². The van der Waals surface area contributed by atoms with Gasteiger partial charge in [0.25, 0.3) is 10.2 Å². The van der Waals surface area contributed by atoms with Gasteiger partial charge in [0.1, 0.15) is 0 Å². The third kappa shape index (κ3) is 4.70. The van der Waals surface area contributed by atoms with Crippen LogP contribution in [-0.2, 0) is 10.2 Å². The van der Waals surface area contributed by atoms with Crippen molar-refractivity contribution in [1.29, 1.82) is 0 Å². The van der Waals surface area contributed by atoms with E-state index in [9.17, 15) is 13.5 Å². The van der Waals surface area contributed by atoms with E-state index in [-0.39, 0.29) is 18.7 Å². The molecule has 108 valence electrons. The minimum absolute atomic E-state index is 0.0822. The molecule has 5 nitrogen and oxygen atoms in total. The van der Waals surface area contributed by atoms with Crippen molar-refractivity contribution in [3.05, 3.63) is 0 Å². The second kappa shape index (κ2) is 7.69. The molecular formula is C11H24N2O3S2. The normalized spacial score (nSPS) is 24.1. The fourth-order valence-electron chi connectivity index (χ4n) is 2.12. The van der Waals surface area contributed by atoms with Crippen LogP contribution in [0, 0.1) is 0 Å². The summed E-state index contributed by atoms with van der Waals surface area (Å²) in [5.74, 6) is 1.75. The Kier molecular flexibility index (Phi) is 6.94. The minimum atomic E-state index is -3.46. The Hall–Kier alpha value is 0.180. The van der Waals surface area contributed by atoms with Crippen molar-refractivity contribution in [2.75, 3.05) is 24.7 Å². The van der Waals surface area contributed by atoms with Gasteiger partial charge in [-0.05, 0) is 25.5 Å². The Morgan fingerprint density at radius 3 is 2.83 bits per heavy atom. The van der Waals surface area contributed by atoms with Crippen molar-refractivity contribution >= 4 is 22.0 Å². The van der Waals surface area contributed by atoms with E-state index in [1.807, 2.05) is 6.92 Å². The Bertz CT molecular complexity index is 335. The maximum Gasteiger partial charge on any atom is 0.280 e. The molecule has 0 aromatic rings. The Balaban J connectivity index is 2.60. The maximum absolute atomic E-state index is 12.2. The SMILES string of the molecule is CCSCC(C)NS(=O)(=O)N1CCCCC1CO. The van der Waals surface area contributed by atoms with E-state index in [2.05, 4.69) is 11.6 Å². The maximum atomic E-state index is 12.2. The quantitative estimate of drug-likeness (QED) is 0.729. The van der Waals surface area contributed by atoms with Gasteiger partial charge < -0.3 is 5.11 Å². The van der Waals surface area contributed by atoms with E-state index < -0.39 is 10.2 Å². The molecule has 2 N–H and O–H groups in total. The average Bonchev–Trinajstić information content (AvgIpc) is 2.35. The van der Waals surface area contributed by atoms with E-state index in [0.717, 1.165) is 30.8 Å². The molecule has 0 aliphatic carbocycles. The summed E-state index contributed by atoms with van der Waals surface area (Å²) in [6, 6.07) is -0.344. The van der Waals surface area contributed by atoms with Crippen molar-refractivity contribution in [3.8, 4) is 0 Å². The van der Waals surface area contributed by atoms with Gasteiger partial charge in [-0.1, -0.05) is 13.3 Å². The molecule has 0 saturated carbocycles. The molecule has 18 heavy (non-hydrogen) atoms. The lowest BCUT2D eigenvalue weighted by Crippen LogP contribution is -2.52. The first kappa shape index (κ1) is 16.2. The Morgan fingerprint density at radius 1 is 1.50 bits per heavy atom. The monoisotopic (exact) mass is 296 g/mol. The van der Waals surface area contributed by atoms with Crippen molar-refractivity contribution in [3.63, 3.8) is 0 Å². The smallest absolute Gasteiger partial charge is 0.280 e. The molecule has 1 aliphatic rings. The van der Waals surface area contributed by atoms with Gasteiger partial charge in [-0.2, -0.15) is 29.2 Å². The molecule has 0 radical (unpaired) electrons. The number of hydrogen-bond acceptors (Lipinski definition) is 4. The van der Waals surface area contributed by atoms with Gasteiger partial charge >= 0.3 is 0 Å². The highest BCUT2D eigenvalue weighted by Gasteiger charge is 2.32. The number of nitrogens with zero attached hydrogens (tertiary/aromatic N) is 1. The number of aliphatic hydroxyl groups excluding tert-OH is 1. The summed E-state index contributed by atoms with van der Waals surface area (Å²) >= 11 is 1.72. The topological polar surface area (TPSA) is 69.6 Å². The van der Waals surface area contributed by atoms with Gasteiger partial charge in [0.2, 0.25) is 0 Å². The Morgan fingerprint density at radius 2 is 2.22 bits per heavy atom. The first-order valence-corrected chi connectivity index (χ1v) is 9.08. The number of piperidine rings is 1. The second-order valence-electron chi connectivity index (χ2n) is 4.63. The number of rotatable bonds is 7. The van der Waals surface area contributed by atoms with Gasteiger partial charge in [0.05, 0.1) is 6.61 Å².